The van der Waals surface area contributed by atoms with E-state index in [9.17, 15) is 10.0 Å². The highest BCUT2D eigenvalue weighted by Gasteiger charge is 2.32. The van der Waals surface area contributed by atoms with Crippen LogP contribution in [0.2, 0.25) is 0 Å². The number of rotatable bonds is 7. The number of hydrogen-bond donors (Lipinski definition) is 0. The summed E-state index contributed by atoms with van der Waals surface area (Å²) in [4.78, 5) is 17.2. The van der Waals surface area contributed by atoms with Gasteiger partial charge in [-0.3, -0.25) is 14.4 Å². The summed E-state index contributed by atoms with van der Waals surface area (Å²) in [6, 6.07) is 14.3. The van der Waals surface area contributed by atoms with Gasteiger partial charge in [-0.1, -0.05) is 30.3 Å². The first-order chi connectivity index (χ1) is 15.9. The Bertz CT molecular complexity index is 1070. The van der Waals surface area contributed by atoms with Crippen molar-refractivity contribution in [2.24, 2.45) is 13.0 Å². The van der Waals surface area contributed by atoms with E-state index >= 15 is 0 Å². The van der Waals surface area contributed by atoms with Gasteiger partial charge in [-0.15, -0.1) is 0 Å². The van der Waals surface area contributed by atoms with Gasteiger partial charge >= 0.3 is 0 Å². The summed E-state index contributed by atoms with van der Waals surface area (Å²) in [5.41, 5.74) is 4.11. The van der Waals surface area contributed by atoms with Gasteiger partial charge in [0.15, 0.2) is 12.4 Å². The summed E-state index contributed by atoms with van der Waals surface area (Å²) in [6.07, 6.45) is 7.74. The molecule has 1 amide bonds. The number of pyridine rings is 1. The van der Waals surface area contributed by atoms with Gasteiger partial charge < -0.3 is 10.1 Å². The lowest BCUT2D eigenvalue weighted by Gasteiger charge is -2.40. The first-order valence-electron chi connectivity index (χ1n) is 11.6. The Morgan fingerprint density at radius 1 is 1.21 bits per heavy atom. The quantitative estimate of drug-likeness (QED) is 0.413. The van der Waals surface area contributed by atoms with E-state index in [1.165, 1.54) is 23.5 Å². The highest BCUT2D eigenvalue weighted by atomic mass is 16.5. The minimum atomic E-state index is -0.0578. The molecule has 7 nitrogen and oxygen atoms in total. The largest absolute Gasteiger partial charge is 0.619 e. The first-order valence-corrected chi connectivity index (χ1v) is 11.6. The number of hydrogen-bond acceptors (Lipinski definition) is 4. The molecule has 1 saturated heterocycles. The smallest absolute Gasteiger partial charge is 0.259 e. The second-order valence-electron chi connectivity index (χ2n) is 9.17. The van der Waals surface area contributed by atoms with E-state index in [2.05, 4.69) is 60.5 Å². The van der Waals surface area contributed by atoms with Crippen LogP contribution >= 0.6 is 0 Å². The summed E-state index contributed by atoms with van der Waals surface area (Å²) in [7, 11) is 4.17. The normalized spacial score (nSPS) is 15.7. The maximum atomic E-state index is 12.9. The van der Waals surface area contributed by atoms with Crippen molar-refractivity contribution in [3.63, 3.8) is 0 Å². The van der Waals surface area contributed by atoms with Crippen molar-refractivity contribution in [2.75, 3.05) is 20.1 Å². The van der Waals surface area contributed by atoms with E-state index in [0.717, 1.165) is 31.5 Å². The zero-order valence-corrected chi connectivity index (χ0v) is 19.7. The molecule has 1 aliphatic heterocycles. The second kappa shape index (κ2) is 10.2. The predicted molar refractivity (Wildman–Crippen MR) is 127 cm³/mol. The van der Waals surface area contributed by atoms with E-state index in [1.807, 2.05) is 16.6 Å². The molecule has 0 saturated carbocycles. The maximum Gasteiger partial charge on any atom is 0.259 e. The number of piperidine rings is 1. The maximum absolute atomic E-state index is 12.9. The lowest BCUT2D eigenvalue weighted by atomic mass is 9.84. The van der Waals surface area contributed by atoms with Crippen molar-refractivity contribution in [1.82, 2.24) is 19.6 Å². The van der Waals surface area contributed by atoms with Crippen molar-refractivity contribution in [2.45, 2.75) is 38.8 Å². The molecule has 0 radical (unpaired) electrons. The van der Waals surface area contributed by atoms with Crippen LogP contribution in [-0.4, -0.2) is 51.7 Å². The lowest BCUT2D eigenvalue weighted by Crippen LogP contribution is -2.46. The van der Waals surface area contributed by atoms with Crippen LogP contribution in [0, 0.1) is 18.0 Å². The number of aryl methyl sites for hydroxylation is 2. The molecule has 1 aliphatic rings. The van der Waals surface area contributed by atoms with Crippen LogP contribution in [0.5, 0.6) is 0 Å². The molecule has 7 heteroatoms. The third kappa shape index (κ3) is 5.60. The zero-order valence-electron chi connectivity index (χ0n) is 19.7. The molecule has 0 spiro atoms. The molecule has 1 unspecified atom stereocenters. The molecule has 0 N–H and O–H groups in total. The summed E-state index contributed by atoms with van der Waals surface area (Å²) in [6.45, 7) is 4.34. The van der Waals surface area contributed by atoms with E-state index in [-0.39, 0.29) is 5.91 Å². The van der Waals surface area contributed by atoms with Gasteiger partial charge in [0.25, 0.3) is 5.91 Å². The fourth-order valence-corrected chi connectivity index (χ4v) is 4.98. The Labute approximate surface area is 195 Å². The molecule has 0 aliphatic carbocycles. The van der Waals surface area contributed by atoms with Crippen LogP contribution < -0.4 is 4.73 Å². The number of likely N-dealkylation sites (tertiary alicyclic amines) is 1. The van der Waals surface area contributed by atoms with Gasteiger partial charge in [0, 0.05) is 50.6 Å². The monoisotopic (exact) mass is 447 g/mol. The molecule has 1 aromatic carbocycles. The first kappa shape index (κ1) is 23.0. The zero-order chi connectivity index (χ0) is 23.4. The van der Waals surface area contributed by atoms with E-state index < -0.39 is 0 Å². The predicted octanol–water partition coefficient (Wildman–Crippen LogP) is 2.96. The van der Waals surface area contributed by atoms with Crippen molar-refractivity contribution in [3.8, 4) is 0 Å². The van der Waals surface area contributed by atoms with Crippen LogP contribution in [0.25, 0.3) is 0 Å². The third-order valence-corrected chi connectivity index (χ3v) is 6.78. The van der Waals surface area contributed by atoms with Gasteiger partial charge in [0.05, 0.1) is 5.69 Å². The summed E-state index contributed by atoms with van der Waals surface area (Å²) < 4.78 is 2.56. The van der Waals surface area contributed by atoms with Crippen LogP contribution in [0.1, 0.15) is 40.0 Å². The number of aromatic nitrogens is 3. The Balaban J connectivity index is 1.46. The summed E-state index contributed by atoms with van der Waals surface area (Å²) >= 11 is 0. The Hall–Kier alpha value is -3.19. The van der Waals surface area contributed by atoms with Gasteiger partial charge in [0.1, 0.15) is 5.56 Å². The standard InChI is InChI=1S/C26H33N5O2/c1-20-24(18-29(3)27-20)17-28(2)25(16-21-8-5-4-6-9-21)22-11-14-30(15-12-22)26(32)23-10-7-13-31(33)19-23/h4-10,13,18-19,22,25H,11-12,14-17H2,1-3H3. The second-order valence-corrected chi connectivity index (χ2v) is 9.17. The SMILES string of the molecule is Cc1nn(C)cc1CN(C)C(Cc1ccccc1)C1CCN(C(=O)c2ccc[n+]([O-])c2)CC1. The van der Waals surface area contributed by atoms with E-state index in [0.29, 0.717) is 35.3 Å². The summed E-state index contributed by atoms with van der Waals surface area (Å²) in [5.74, 6) is 0.425. The number of carbonyl (C=O) groups excluding carboxylic acids is 1. The van der Waals surface area contributed by atoms with Crippen molar-refractivity contribution >= 4 is 5.91 Å². The minimum absolute atomic E-state index is 0.0578. The molecule has 2 aromatic heterocycles. The third-order valence-electron chi connectivity index (χ3n) is 6.78. The van der Waals surface area contributed by atoms with Crippen LogP contribution in [-0.2, 0) is 20.0 Å². The highest BCUT2D eigenvalue weighted by molar-refractivity contribution is 5.93. The van der Waals surface area contributed by atoms with Gasteiger partial charge in [-0.2, -0.15) is 9.83 Å². The minimum Gasteiger partial charge on any atom is -0.619 e. The van der Waals surface area contributed by atoms with Gasteiger partial charge in [-0.25, -0.2) is 0 Å². The average Bonchev–Trinajstić information content (AvgIpc) is 3.14. The van der Waals surface area contributed by atoms with Crippen LogP contribution in [0.15, 0.2) is 61.1 Å². The molecule has 1 fully saturated rings. The van der Waals surface area contributed by atoms with E-state index in [4.69, 9.17) is 0 Å². The number of likely N-dealkylation sites (N-methyl/N-ethyl adjacent to an activating group) is 1. The Morgan fingerprint density at radius 2 is 1.94 bits per heavy atom. The fraction of sp³-hybridized carbons (Fsp3) is 0.423. The molecule has 3 aromatic rings. The van der Waals surface area contributed by atoms with Crippen molar-refractivity contribution < 1.29 is 9.52 Å². The van der Waals surface area contributed by atoms with Crippen molar-refractivity contribution in [3.05, 3.63) is 88.6 Å². The van der Waals surface area contributed by atoms with E-state index in [1.54, 1.807) is 12.1 Å². The molecule has 33 heavy (non-hydrogen) atoms. The fourth-order valence-electron chi connectivity index (χ4n) is 4.98. The lowest BCUT2D eigenvalue weighted by molar-refractivity contribution is -0.605. The Kier molecular flexibility index (Phi) is 7.08. The highest BCUT2D eigenvalue weighted by Crippen LogP contribution is 2.28. The number of benzene rings is 1. The number of amides is 1. The molecule has 0 bridgehead atoms. The summed E-state index contributed by atoms with van der Waals surface area (Å²) in [5, 5.41) is 16.1. The number of nitrogens with zero attached hydrogens (tertiary/aromatic N) is 5. The molecule has 3 heterocycles. The average molecular weight is 448 g/mol. The molecular weight excluding hydrogens is 414 g/mol. The number of carbonyl (C=O) groups is 1. The molecule has 4 rings (SSSR count). The Morgan fingerprint density at radius 3 is 2.58 bits per heavy atom. The van der Waals surface area contributed by atoms with Crippen LogP contribution in [0.4, 0.5) is 0 Å². The molecular formula is C26H33N5O2. The topological polar surface area (TPSA) is 68.3 Å². The molecule has 174 valence electrons. The van der Waals surface area contributed by atoms with Gasteiger partial charge in [-0.05, 0) is 50.8 Å². The van der Waals surface area contributed by atoms with Gasteiger partial charge in [0.2, 0.25) is 0 Å². The molecule has 1 atom stereocenters. The van der Waals surface area contributed by atoms with Crippen LogP contribution in [0.3, 0.4) is 0 Å². The van der Waals surface area contributed by atoms with Crippen molar-refractivity contribution in [1.29, 1.82) is 0 Å².